The van der Waals surface area contributed by atoms with Gasteiger partial charge >= 0.3 is 11.9 Å². The van der Waals surface area contributed by atoms with Crippen molar-refractivity contribution in [2.45, 2.75) is 52.1 Å². The summed E-state index contributed by atoms with van der Waals surface area (Å²) in [5.74, 6) is -1.63. The molecule has 5 heteroatoms. The summed E-state index contributed by atoms with van der Waals surface area (Å²) in [6, 6.07) is 0. The predicted molar refractivity (Wildman–Crippen MR) is 90.2 cm³/mol. The number of carbonyl (C=O) groups is 2. The molecular weight excluding hydrogens is 308 g/mol. The van der Waals surface area contributed by atoms with Crippen molar-refractivity contribution < 1.29 is 23.8 Å². The van der Waals surface area contributed by atoms with E-state index < -0.39 is 11.8 Å². The Balaban J connectivity index is 2.12. The van der Waals surface area contributed by atoms with Crippen LogP contribution in [0.15, 0.2) is 12.2 Å². The molecule has 0 N–H and O–H groups in total. The molecule has 2 bridgehead atoms. The Hall–Kier alpha value is -1.36. The Kier molecular flexibility index (Phi) is 7.28. The second kappa shape index (κ2) is 9.21. The minimum Gasteiger partial charge on any atom is -0.465 e. The van der Waals surface area contributed by atoms with Crippen LogP contribution in [0.25, 0.3) is 0 Å². The minimum absolute atomic E-state index is 0.0159. The first-order valence-electron chi connectivity index (χ1n) is 9.18. The molecule has 5 nitrogen and oxygen atoms in total. The van der Waals surface area contributed by atoms with Gasteiger partial charge in [-0.3, -0.25) is 9.59 Å². The molecular formula is C19H30O5. The van der Waals surface area contributed by atoms with E-state index in [-0.39, 0.29) is 29.9 Å². The highest BCUT2D eigenvalue weighted by molar-refractivity contribution is 5.84. The zero-order valence-corrected chi connectivity index (χ0v) is 15.0. The van der Waals surface area contributed by atoms with Gasteiger partial charge in [0.25, 0.3) is 0 Å². The third kappa shape index (κ3) is 4.18. The summed E-state index contributed by atoms with van der Waals surface area (Å²) in [4.78, 5) is 25.2. The van der Waals surface area contributed by atoms with Crippen molar-refractivity contribution in [3.63, 3.8) is 0 Å². The Morgan fingerprint density at radius 3 is 2.08 bits per heavy atom. The maximum absolute atomic E-state index is 12.6. The molecule has 5 unspecified atom stereocenters. The number of rotatable bonds is 9. The van der Waals surface area contributed by atoms with Crippen LogP contribution in [-0.2, 0) is 23.8 Å². The Morgan fingerprint density at radius 2 is 1.54 bits per heavy atom. The van der Waals surface area contributed by atoms with Crippen molar-refractivity contribution in [2.75, 3.05) is 20.3 Å². The van der Waals surface area contributed by atoms with Crippen LogP contribution < -0.4 is 0 Å². The molecule has 0 amide bonds. The zero-order chi connectivity index (χ0) is 17.5. The van der Waals surface area contributed by atoms with Crippen molar-refractivity contribution >= 4 is 11.9 Å². The number of hydrogen-bond acceptors (Lipinski definition) is 5. The number of unbranched alkanes of at least 4 members (excludes halogenated alkanes) is 2. The molecule has 5 atom stereocenters. The minimum atomic E-state index is -0.496. The summed E-state index contributed by atoms with van der Waals surface area (Å²) in [6.45, 7) is 4.92. The maximum atomic E-state index is 12.6. The molecule has 0 heterocycles. The lowest BCUT2D eigenvalue weighted by molar-refractivity contribution is -0.173. The quantitative estimate of drug-likeness (QED) is 0.367. The number of fused-ring (bicyclic) bond motifs is 2. The van der Waals surface area contributed by atoms with Crippen molar-refractivity contribution in [2.24, 2.45) is 23.7 Å². The van der Waals surface area contributed by atoms with Crippen molar-refractivity contribution in [1.82, 2.24) is 0 Å². The van der Waals surface area contributed by atoms with E-state index in [0.717, 1.165) is 32.1 Å². The molecule has 0 aromatic carbocycles. The summed E-state index contributed by atoms with van der Waals surface area (Å²) >= 11 is 0. The summed E-state index contributed by atoms with van der Waals surface area (Å²) in [5.41, 5.74) is 0. The average molecular weight is 338 g/mol. The van der Waals surface area contributed by atoms with Crippen LogP contribution >= 0.6 is 0 Å². The van der Waals surface area contributed by atoms with Crippen LogP contribution in [0.5, 0.6) is 0 Å². The molecule has 0 spiro atoms. The van der Waals surface area contributed by atoms with Gasteiger partial charge in [-0.05, 0) is 25.2 Å². The van der Waals surface area contributed by atoms with E-state index >= 15 is 0 Å². The van der Waals surface area contributed by atoms with Crippen molar-refractivity contribution in [1.29, 1.82) is 0 Å². The van der Waals surface area contributed by atoms with Crippen molar-refractivity contribution in [3.8, 4) is 0 Å². The summed E-state index contributed by atoms with van der Waals surface area (Å²) < 4.78 is 16.4. The molecule has 24 heavy (non-hydrogen) atoms. The third-order valence-electron chi connectivity index (χ3n) is 5.11. The lowest BCUT2D eigenvalue weighted by Gasteiger charge is -2.46. The van der Waals surface area contributed by atoms with Gasteiger partial charge in [-0.15, -0.1) is 0 Å². The molecule has 0 aromatic heterocycles. The van der Waals surface area contributed by atoms with Crippen LogP contribution in [0.2, 0.25) is 0 Å². The molecule has 1 fully saturated rings. The number of methoxy groups -OCH3 is 1. The Labute approximate surface area is 144 Å². The number of ether oxygens (including phenoxy) is 3. The zero-order valence-electron chi connectivity index (χ0n) is 15.0. The Bertz CT molecular complexity index is 459. The highest BCUT2D eigenvalue weighted by atomic mass is 16.5. The molecule has 0 saturated heterocycles. The van der Waals surface area contributed by atoms with E-state index in [9.17, 15) is 9.59 Å². The SMILES string of the molecule is CCCCOC(=O)C1C2C=CC(C(OC)C2)C1C(=O)OCCCC. The normalized spacial score (nSPS) is 31.0. The molecule has 0 aromatic rings. The first kappa shape index (κ1) is 19.0. The summed E-state index contributed by atoms with van der Waals surface area (Å²) in [5, 5.41) is 0. The smallest absolute Gasteiger partial charge is 0.310 e. The fourth-order valence-corrected chi connectivity index (χ4v) is 3.73. The number of carbonyl (C=O) groups excluding carboxylic acids is 2. The maximum Gasteiger partial charge on any atom is 0.310 e. The van der Waals surface area contributed by atoms with Gasteiger partial charge < -0.3 is 14.2 Å². The van der Waals surface area contributed by atoms with Crippen LogP contribution in [-0.4, -0.2) is 38.4 Å². The molecule has 3 rings (SSSR count). The highest BCUT2D eigenvalue weighted by Gasteiger charge is 2.53. The third-order valence-corrected chi connectivity index (χ3v) is 5.11. The van der Waals surface area contributed by atoms with E-state index in [4.69, 9.17) is 14.2 Å². The van der Waals surface area contributed by atoms with Gasteiger partial charge in [0.15, 0.2) is 0 Å². The van der Waals surface area contributed by atoms with Gasteiger partial charge in [0.05, 0.1) is 31.2 Å². The molecule has 136 valence electrons. The van der Waals surface area contributed by atoms with Crippen LogP contribution in [0.1, 0.15) is 46.0 Å². The number of hydrogen-bond donors (Lipinski definition) is 0. The van der Waals surface area contributed by atoms with Crippen LogP contribution in [0, 0.1) is 23.7 Å². The van der Waals surface area contributed by atoms with Gasteiger partial charge in [0.2, 0.25) is 0 Å². The second-order valence-electron chi connectivity index (χ2n) is 6.73. The van der Waals surface area contributed by atoms with Gasteiger partial charge in [-0.2, -0.15) is 0 Å². The van der Waals surface area contributed by atoms with E-state index in [1.165, 1.54) is 0 Å². The number of esters is 2. The number of allylic oxidation sites excluding steroid dienone is 1. The molecule has 3 aliphatic rings. The predicted octanol–water partition coefficient (Wildman–Crippen LogP) is 3.13. The standard InChI is InChI=1S/C19H30O5/c1-4-6-10-23-18(20)16-13-8-9-14(15(12-13)22-3)17(16)19(21)24-11-7-5-2/h8-9,13-17H,4-7,10-12H2,1-3H3. The monoisotopic (exact) mass is 338 g/mol. The molecule has 0 radical (unpaired) electrons. The van der Waals surface area contributed by atoms with E-state index in [2.05, 4.69) is 6.92 Å². The topological polar surface area (TPSA) is 61.8 Å². The lowest BCUT2D eigenvalue weighted by atomic mass is 9.61. The van der Waals surface area contributed by atoms with Gasteiger partial charge in [0.1, 0.15) is 0 Å². The fraction of sp³-hybridized carbons (Fsp3) is 0.789. The summed E-state index contributed by atoms with van der Waals surface area (Å²) in [7, 11) is 1.66. The van der Waals surface area contributed by atoms with E-state index in [0.29, 0.717) is 13.2 Å². The second-order valence-corrected chi connectivity index (χ2v) is 6.73. The summed E-state index contributed by atoms with van der Waals surface area (Å²) in [6.07, 6.45) is 8.39. The molecule has 1 saturated carbocycles. The first-order chi connectivity index (χ1) is 11.6. The van der Waals surface area contributed by atoms with Crippen LogP contribution in [0.3, 0.4) is 0 Å². The van der Waals surface area contributed by atoms with Crippen LogP contribution in [0.4, 0.5) is 0 Å². The lowest BCUT2D eigenvalue weighted by Crippen LogP contribution is -2.52. The molecule has 0 aliphatic heterocycles. The van der Waals surface area contributed by atoms with E-state index in [1.807, 2.05) is 19.1 Å². The van der Waals surface area contributed by atoms with E-state index in [1.54, 1.807) is 7.11 Å². The van der Waals surface area contributed by atoms with Crippen molar-refractivity contribution in [3.05, 3.63) is 12.2 Å². The molecule has 3 aliphatic carbocycles. The van der Waals surface area contributed by atoms with Gasteiger partial charge in [-0.1, -0.05) is 38.8 Å². The first-order valence-corrected chi connectivity index (χ1v) is 9.18. The van der Waals surface area contributed by atoms with Gasteiger partial charge in [-0.25, -0.2) is 0 Å². The average Bonchev–Trinajstić information content (AvgIpc) is 2.61. The highest BCUT2D eigenvalue weighted by Crippen LogP contribution is 2.47. The largest absolute Gasteiger partial charge is 0.465 e. The Morgan fingerprint density at radius 1 is 0.958 bits per heavy atom. The van der Waals surface area contributed by atoms with Gasteiger partial charge in [0, 0.05) is 13.0 Å². The fourth-order valence-electron chi connectivity index (χ4n) is 3.73.